The van der Waals surface area contributed by atoms with Gasteiger partial charge in [0.2, 0.25) is 0 Å². The van der Waals surface area contributed by atoms with Gasteiger partial charge in [0.1, 0.15) is 0 Å². The second kappa shape index (κ2) is 7.11. The number of nitrogens with zero attached hydrogens (tertiary/aromatic N) is 3. The Balaban J connectivity index is 1.86. The largest absolute Gasteiger partial charge is 0.447 e. The third kappa shape index (κ3) is 3.24. The van der Waals surface area contributed by atoms with Crippen molar-refractivity contribution in [3.63, 3.8) is 0 Å². The van der Waals surface area contributed by atoms with Gasteiger partial charge in [-0.15, -0.1) is 0 Å². The molecular formula is C19H22N4O3. The number of carbonyl (C=O) groups excluding carboxylic acids is 2. The molecule has 1 aromatic carbocycles. The number of fused-ring (bicyclic) bond motifs is 1. The maximum atomic E-state index is 13.2. The molecule has 1 aliphatic heterocycles. The van der Waals surface area contributed by atoms with Crippen LogP contribution in [0.15, 0.2) is 36.7 Å². The lowest BCUT2D eigenvalue weighted by Crippen LogP contribution is -2.46. The molecule has 1 aliphatic rings. The lowest BCUT2D eigenvalue weighted by atomic mass is 10.1. The molecule has 0 saturated carbocycles. The van der Waals surface area contributed by atoms with E-state index in [2.05, 4.69) is 9.97 Å². The van der Waals surface area contributed by atoms with Crippen LogP contribution in [0.2, 0.25) is 0 Å². The van der Waals surface area contributed by atoms with Crippen molar-refractivity contribution in [2.45, 2.75) is 39.3 Å². The van der Waals surface area contributed by atoms with E-state index in [1.807, 2.05) is 45.0 Å². The van der Waals surface area contributed by atoms with Crippen LogP contribution in [-0.4, -0.2) is 34.0 Å². The van der Waals surface area contributed by atoms with Gasteiger partial charge in [0.05, 0.1) is 0 Å². The van der Waals surface area contributed by atoms with Gasteiger partial charge in [-0.2, -0.15) is 0 Å². The van der Waals surface area contributed by atoms with Crippen LogP contribution in [-0.2, 0) is 16.0 Å². The standard InChI is InChI=1S/C19H22N4O3/c1-11(2)16(26-19(25)15-17(20)22-9-8-21-15)18(24)23-12(3)10-13-6-4-5-7-14(13)23/h4-9,11-12,16H,10H2,1-3H3,(H2,20,22)/t12-,16-/m1/s1. The third-order valence-corrected chi connectivity index (χ3v) is 4.45. The molecule has 0 aliphatic carbocycles. The number of rotatable bonds is 4. The molecule has 2 atom stereocenters. The van der Waals surface area contributed by atoms with E-state index >= 15 is 0 Å². The SMILES string of the molecule is CC(C)[C@@H](OC(=O)c1nccnc1N)C(=O)N1c2ccccc2C[C@H]1C. The van der Waals surface area contributed by atoms with Gasteiger partial charge in [0.25, 0.3) is 5.91 Å². The Morgan fingerprint density at radius 2 is 1.92 bits per heavy atom. The molecule has 3 rings (SSSR count). The number of nitrogen functional groups attached to an aromatic ring is 1. The van der Waals surface area contributed by atoms with Crippen molar-refractivity contribution in [2.24, 2.45) is 5.92 Å². The number of esters is 1. The summed E-state index contributed by atoms with van der Waals surface area (Å²) in [6.45, 7) is 5.66. The van der Waals surface area contributed by atoms with Crippen molar-refractivity contribution in [1.29, 1.82) is 0 Å². The maximum Gasteiger partial charge on any atom is 0.361 e. The molecule has 136 valence electrons. The minimum absolute atomic E-state index is 0.00133. The number of amides is 1. The van der Waals surface area contributed by atoms with Crippen molar-refractivity contribution in [1.82, 2.24) is 9.97 Å². The predicted molar refractivity (Wildman–Crippen MR) is 97.6 cm³/mol. The summed E-state index contributed by atoms with van der Waals surface area (Å²) in [5.41, 5.74) is 7.58. The Morgan fingerprint density at radius 3 is 2.62 bits per heavy atom. The van der Waals surface area contributed by atoms with E-state index in [-0.39, 0.29) is 29.4 Å². The van der Waals surface area contributed by atoms with E-state index in [0.29, 0.717) is 0 Å². The molecular weight excluding hydrogens is 332 g/mol. The Kier molecular flexibility index (Phi) is 4.88. The van der Waals surface area contributed by atoms with Gasteiger partial charge in [0, 0.05) is 24.1 Å². The highest BCUT2D eigenvalue weighted by Gasteiger charge is 2.38. The molecule has 0 saturated heterocycles. The smallest absolute Gasteiger partial charge is 0.361 e. The molecule has 2 heterocycles. The summed E-state index contributed by atoms with van der Waals surface area (Å²) in [6.07, 6.45) is 2.59. The zero-order valence-electron chi connectivity index (χ0n) is 15.0. The summed E-state index contributed by atoms with van der Waals surface area (Å²) in [4.78, 5) is 35.1. The zero-order valence-corrected chi connectivity index (χ0v) is 15.0. The van der Waals surface area contributed by atoms with Crippen LogP contribution in [0.3, 0.4) is 0 Å². The summed E-state index contributed by atoms with van der Waals surface area (Å²) in [7, 11) is 0. The minimum atomic E-state index is -0.933. The van der Waals surface area contributed by atoms with Crippen molar-refractivity contribution in [3.8, 4) is 0 Å². The molecule has 7 heteroatoms. The fourth-order valence-electron chi connectivity index (χ4n) is 3.19. The monoisotopic (exact) mass is 354 g/mol. The number of nitrogens with two attached hydrogens (primary N) is 1. The van der Waals surface area contributed by atoms with Crippen LogP contribution >= 0.6 is 0 Å². The van der Waals surface area contributed by atoms with E-state index in [0.717, 1.165) is 17.7 Å². The second-order valence-corrected chi connectivity index (χ2v) is 6.75. The highest BCUT2D eigenvalue weighted by molar-refractivity contribution is 6.01. The van der Waals surface area contributed by atoms with E-state index in [9.17, 15) is 9.59 Å². The quantitative estimate of drug-likeness (QED) is 0.845. The number of hydrogen-bond donors (Lipinski definition) is 1. The van der Waals surface area contributed by atoms with Gasteiger partial charge in [-0.1, -0.05) is 32.0 Å². The number of aromatic nitrogens is 2. The van der Waals surface area contributed by atoms with Crippen LogP contribution in [0.4, 0.5) is 11.5 Å². The first kappa shape index (κ1) is 17.8. The van der Waals surface area contributed by atoms with Gasteiger partial charge in [-0.05, 0) is 30.9 Å². The molecule has 0 spiro atoms. The first-order valence-corrected chi connectivity index (χ1v) is 8.58. The number of hydrogen-bond acceptors (Lipinski definition) is 6. The zero-order chi connectivity index (χ0) is 18.8. The molecule has 2 aromatic rings. The normalized spacial score (nSPS) is 17.1. The van der Waals surface area contributed by atoms with Gasteiger partial charge in [-0.3, -0.25) is 4.79 Å². The van der Waals surface area contributed by atoms with E-state index in [1.54, 1.807) is 4.90 Å². The van der Waals surface area contributed by atoms with Crippen molar-refractivity contribution < 1.29 is 14.3 Å². The van der Waals surface area contributed by atoms with E-state index < -0.39 is 12.1 Å². The average Bonchev–Trinajstić information content (AvgIpc) is 2.94. The number of para-hydroxylation sites is 1. The number of benzene rings is 1. The van der Waals surface area contributed by atoms with Gasteiger partial charge < -0.3 is 15.4 Å². The molecule has 0 fully saturated rings. The Morgan fingerprint density at radius 1 is 1.23 bits per heavy atom. The Bertz CT molecular complexity index is 837. The van der Waals surface area contributed by atoms with E-state index in [4.69, 9.17) is 10.5 Å². The maximum absolute atomic E-state index is 13.2. The molecule has 1 aromatic heterocycles. The number of carbonyl (C=O) groups is 2. The summed E-state index contributed by atoms with van der Waals surface area (Å²) < 4.78 is 5.50. The lowest BCUT2D eigenvalue weighted by molar-refractivity contribution is -0.129. The Hall–Kier alpha value is -2.96. The first-order chi connectivity index (χ1) is 12.4. The van der Waals surface area contributed by atoms with Crippen molar-refractivity contribution in [2.75, 3.05) is 10.6 Å². The van der Waals surface area contributed by atoms with Crippen LogP contribution in [0, 0.1) is 5.92 Å². The summed E-state index contributed by atoms with van der Waals surface area (Å²) >= 11 is 0. The lowest BCUT2D eigenvalue weighted by Gasteiger charge is -2.29. The van der Waals surface area contributed by atoms with Crippen LogP contribution in [0.5, 0.6) is 0 Å². The molecule has 2 N–H and O–H groups in total. The average molecular weight is 354 g/mol. The molecule has 0 unspecified atom stereocenters. The molecule has 0 radical (unpaired) electrons. The number of anilines is 2. The summed E-state index contributed by atoms with van der Waals surface area (Å²) in [5, 5.41) is 0. The van der Waals surface area contributed by atoms with Crippen molar-refractivity contribution in [3.05, 3.63) is 47.9 Å². The summed E-state index contributed by atoms with van der Waals surface area (Å²) in [5.74, 6) is -1.22. The summed E-state index contributed by atoms with van der Waals surface area (Å²) in [6, 6.07) is 7.78. The second-order valence-electron chi connectivity index (χ2n) is 6.75. The van der Waals surface area contributed by atoms with Gasteiger partial charge in [-0.25, -0.2) is 14.8 Å². The van der Waals surface area contributed by atoms with Gasteiger partial charge in [0.15, 0.2) is 17.6 Å². The molecule has 7 nitrogen and oxygen atoms in total. The topological polar surface area (TPSA) is 98.4 Å². The first-order valence-electron chi connectivity index (χ1n) is 8.58. The Labute approximate surface area is 152 Å². The minimum Gasteiger partial charge on any atom is -0.447 e. The molecule has 0 bridgehead atoms. The third-order valence-electron chi connectivity index (χ3n) is 4.45. The molecule has 26 heavy (non-hydrogen) atoms. The number of ether oxygens (including phenoxy) is 1. The van der Waals surface area contributed by atoms with E-state index in [1.165, 1.54) is 12.4 Å². The van der Waals surface area contributed by atoms with Crippen LogP contribution < -0.4 is 10.6 Å². The highest BCUT2D eigenvalue weighted by Crippen LogP contribution is 2.33. The van der Waals surface area contributed by atoms with Gasteiger partial charge >= 0.3 is 5.97 Å². The fourth-order valence-corrected chi connectivity index (χ4v) is 3.19. The predicted octanol–water partition coefficient (Wildman–Crippen LogP) is 2.22. The fraction of sp³-hybridized carbons (Fsp3) is 0.368. The molecule has 1 amide bonds. The highest BCUT2D eigenvalue weighted by atomic mass is 16.5. The van der Waals surface area contributed by atoms with Crippen molar-refractivity contribution >= 4 is 23.4 Å². The van der Waals surface area contributed by atoms with Crippen LogP contribution in [0.1, 0.15) is 36.8 Å². The van der Waals surface area contributed by atoms with Crippen LogP contribution in [0.25, 0.3) is 0 Å².